The molecule has 1 aromatic rings. The van der Waals surface area contributed by atoms with Gasteiger partial charge in [-0.25, -0.2) is 4.79 Å². The third-order valence-corrected chi connectivity index (χ3v) is 10.2. The standard InChI is InChI=1S/C18H28O2Si/c1-14(2)21(15(3)4,16(5)6)20-18(19)13-12-17-10-8-7-9-11-17/h7-16H,1-6H3/b13-12+. The van der Waals surface area contributed by atoms with E-state index in [9.17, 15) is 4.79 Å². The summed E-state index contributed by atoms with van der Waals surface area (Å²) in [7, 11) is -2.13. The molecule has 0 aromatic heterocycles. The van der Waals surface area contributed by atoms with Crippen LogP contribution in [0.15, 0.2) is 36.4 Å². The Labute approximate surface area is 130 Å². The highest BCUT2D eigenvalue weighted by molar-refractivity contribution is 6.79. The summed E-state index contributed by atoms with van der Waals surface area (Å²) in [5, 5.41) is 0. The van der Waals surface area contributed by atoms with Crippen molar-refractivity contribution in [2.45, 2.75) is 58.2 Å². The molecule has 0 heterocycles. The average molecular weight is 305 g/mol. The molecule has 3 heteroatoms. The minimum atomic E-state index is -2.13. The lowest BCUT2D eigenvalue weighted by Crippen LogP contribution is -2.49. The van der Waals surface area contributed by atoms with Crippen molar-refractivity contribution in [1.29, 1.82) is 0 Å². The van der Waals surface area contributed by atoms with Crippen molar-refractivity contribution >= 4 is 20.4 Å². The van der Waals surface area contributed by atoms with Crippen LogP contribution in [0, 0.1) is 0 Å². The fraction of sp³-hybridized carbons (Fsp3) is 0.500. The zero-order valence-corrected chi connectivity index (χ0v) is 15.1. The molecule has 1 aromatic carbocycles. The molecule has 0 atom stereocenters. The van der Waals surface area contributed by atoms with Crippen molar-refractivity contribution in [3.63, 3.8) is 0 Å². The number of hydrogen-bond donors (Lipinski definition) is 0. The third-order valence-electron chi connectivity index (χ3n) is 4.20. The van der Waals surface area contributed by atoms with Gasteiger partial charge >= 0.3 is 5.97 Å². The lowest BCUT2D eigenvalue weighted by molar-refractivity contribution is -0.130. The van der Waals surface area contributed by atoms with E-state index in [4.69, 9.17) is 4.43 Å². The van der Waals surface area contributed by atoms with E-state index >= 15 is 0 Å². The van der Waals surface area contributed by atoms with Gasteiger partial charge in [0.25, 0.3) is 8.32 Å². The van der Waals surface area contributed by atoms with Crippen molar-refractivity contribution < 1.29 is 9.22 Å². The first kappa shape index (κ1) is 17.7. The maximum Gasteiger partial charge on any atom is 0.317 e. The van der Waals surface area contributed by atoms with E-state index in [1.807, 2.05) is 36.4 Å². The van der Waals surface area contributed by atoms with Gasteiger partial charge in [-0.2, -0.15) is 0 Å². The maximum atomic E-state index is 12.3. The highest BCUT2D eigenvalue weighted by Gasteiger charge is 2.47. The van der Waals surface area contributed by atoms with E-state index in [1.165, 1.54) is 0 Å². The summed E-state index contributed by atoms with van der Waals surface area (Å²) in [4.78, 5) is 12.3. The molecule has 0 saturated heterocycles. The van der Waals surface area contributed by atoms with Gasteiger partial charge in [-0.05, 0) is 28.3 Å². The van der Waals surface area contributed by atoms with Gasteiger partial charge in [0.05, 0.1) is 0 Å². The minimum Gasteiger partial charge on any atom is -0.515 e. The van der Waals surface area contributed by atoms with Crippen molar-refractivity contribution in [2.24, 2.45) is 0 Å². The molecule has 0 aliphatic rings. The SMILES string of the molecule is CC(C)[Si](OC(=O)/C=C/c1ccccc1)(C(C)C)C(C)C. The Kier molecular flexibility index (Phi) is 6.40. The summed E-state index contributed by atoms with van der Waals surface area (Å²) < 4.78 is 6.06. The molecule has 21 heavy (non-hydrogen) atoms. The zero-order chi connectivity index (χ0) is 16.0. The van der Waals surface area contributed by atoms with Crippen LogP contribution >= 0.6 is 0 Å². The second-order valence-corrected chi connectivity index (χ2v) is 11.9. The first-order valence-corrected chi connectivity index (χ1v) is 9.90. The quantitative estimate of drug-likeness (QED) is 0.518. The molecule has 0 aliphatic carbocycles. The van der Waals surface area contributed by atoms with Crippen LogP contribution in [0.3, 0.4) is 0 Å². The Morgan fingerprint density at radius 3 is 1.86 bits per heavy atom. The molecule has 0 N–H and O–H groups in total. The normalized spacial score (nSPS) is 12.6. The third kappa shape index (κ3) is 4.30. The van der Waals surface area contributed by atoms with Gasteiger partial charge < -0.3 is 4.43 Å². The minimum absolute atomic E-state index is 0.207. The molecule has 0 fully saturated rings. The van der Waals surface area contributed by atoms with E-state index < -0.39 is 8.32 Å². The van der Waals surface area contributed by atoms with Gasteiger partial charge in [0.2, 0.25) is 0 Å². The van der Waals surface area contributed by atoms with Crippen LogP contribution in [-0.2, 0) is 9.22 Å². The van der Waals surface area contributed by atoms with Gasteiger partial charge in [-0.15, -0.1) is 0 Å². The van der Waals surface area contributed by atoms with Crippen LogP contribution in [0.1, 0.15) is 47.1 Å². The Bertz CT molecular complexity index is 453. The number of carbonyl (C=O) groups excluding carboxylic acids is 1. The smallest absolute Gasteiger partial charge is 0.317 e. The van der Waals surface area contributed by atoms with E-state index in [1.54, 1.807) is 6.08 Å². The number of rotatable bonds is 6. The van der Waals surface area contributed by atoms with Crippen molar-refractivity contribution in [1.82, 2.24) is 0 Å². The topological polar surface area (TPSA) is 26.3 Å². The fourth-order valence-electron chi connectivity index (χ4n) is 3.29. The summed E-state index contributed by atoms with van der Waals surface area (Å²) >= 11 is 0. The molecule has 2 nitrogen and oxygen atoms in total. The van der Waals surface area contributed by atoms with Crippen LogP contribution in [0.25, 0.3) is 6.08 Å². The second kappa shape index (κ2) is 7.60. The average Bonchev–Trinajstić information content (AvgIpc) is 2.42. The highest BCUT2D eigenvalue weighted by atomic mass is 28.4. The van der Waals surface area contributed by atoms with Crippen LogP contribution in [0.2, 0.25) is 16.6 Å². The summed E-state index contributed by atoms with van der Waals surface area (Å²) in [5.74, 6) is -0.207. The molecular formula is C18H28O2Si. The first-order chi connectivity index (χ1) is 9.80. The Morgan fingerprint density at radius 1 is 0.952 bits per heavy atom. The summed E-state index contributed by atoms with van der Waals surface area (Å²) in [6.07, 6.45) is 3.38. The molecule has 1 rings (SSSR count). The monoisotopic (exact) mass is 304 g/mol. The molecule has 0 bridgehead atoms. The van der Waals surface area contributed by atoms with Crippen LogP contribution in [0.4, 0.5) is 0 Å². The lowest BCUT2D eigenvalue weighted by atomic mass is 10.2. The number of carbonyl (C=O) groups is 1. The molecule has 0 saturated carbocycles. The largest absolute Gasteiger partial charge is 0.515 e. The van der Waals surface area contributed by atoms with E-state index in [0.717, 1.165) is 5.56 Å². The van der Waals surface area contributed by atoms with Gasteiger partial charge in [0, 0.05) is 6.08 Å². The summed E-state index contributed by atoms with van der Waals surface area (Å²) in [6.45, 7) is 13.1. The van der Waals surface area contributed by atoms with Crippen LogP contribution < -0.4 is 0 Å². The summed E-state index contributed by atoms with van der Waals surface area (Å²) in [6, 6.07) is 9.83. The Balaban J connectivity index is 2.89. The van der Waals surface area contributed by atoms with E-state index in [0.29, 0.717) is 16.6 Å². The van der Waals surface area contributed by atoms with Gasteiger partial charge in [-0.3, -0.25) is 0 Å². The van der Waals surface area contributed by atoms with Crippen molar-refractivity contribution in [3.05, 3.63) is 42.0 Å². The fourth-order valence-corrected chi connectivity index (χ4v) is 8.41. The molecule has 0 aliphatic heterocycles. The molecule has 0 spiro atoms. The van der Waals surface area contributed by atoms with Crippen molar-refractivity contribution in [2.75, 3.05) is 0 Å². The highest BCUT2D eigenvalue weighted by Crippen LogP contribution is 2.42. The zero-order valence-electron chi connectivity index (χ0n) is 14.1. The van der Waals surface area contributed by atoms with Gasteiger partial charge in [-0.1, -0.05) is 71.9 Å². The predicted octanol–water partition coefficient (Wildman–Crippen LogP) is 5.42. The molecule has 0 unspecified atom stereocenters. The second-order valence-electron chi connectivity index (χ2n) is 6.48. The molecule has 0 radical (unpaired) electrons. The van der Waals surface area contributed by atoms with Crippen LogP contribution in [0.5, 0.6) is 0 Å². The lowest BCUT2D eigenvalue weighted by Gasteiger charge is -2.40. The first-order valence-electron chi connectivity index (χ1n) is 7.76. The maximum absolute atomic E-state index is 12.3. The summed E-state index contributed by atoms with van der Waals surface area (Å²) in [5.41, 5.74) is 2.24. The Morgan fingerprint density at radius 2 is 1.43 bits per heavy atom. The van der Waals surface area contributed by atoms with Gasteiger partial charge in [0.1, 0.15) is 0 Å². The van der Waals surface area contributed by atoms with Crippen molar-refractivity contribution in [3.8, 4) is 0 Å². The number of benzene rings is 1. The predicted molar refractivity (Wildman–Crippen MR) is 92.6 cm³/mol. The van der Waals surface area contributed by atoms with E-state index in [-0.39, 0.29) is 5.97 Å². The molecular weight excluding hydrogens is 276 g/mol. The number of hydrogen-bond acceptors (Lipinski definition) is 2. The van der Waals surface area contributed by atoms with Crippen LogP contribution in [-0.4, -0.2) is 14.3 Å². The molecule has 116 valence electrons. The molecule has 0 amide bonds. The van der Waals surface area contributed by atoms with E-state index in [2.05, 4.69) is 41.5 Å². The Hall–Kier alpha value is -1.35. The van der Waals surface area contributed by atoms with Gasteiger partial charge in [0.15, 0.2) is 0 Å².